The van der Waals surface area contributed by atoms with Gasteiger partial charge in [-0.1, -0.05) is 6.92 Å². The van der Waals surface area contributed by atoms with Crippen molar-refractivity contribution < 1.29 is 9.66 Å². The number of methoxy groups -OCH3 is 1. The average Bonchev–Trinajstić information content (AvgIpc) is 2.46. The number of anilines is 1. The Morgan fingerprint density at radius 3 is 2.90 bits per heavy atom. The number of non-ortho nitro benzene ring substituents is 1. The van der Waals surface area contributed by atoms with E-state index in [-0.39, 0.29) is 11.7 Å². The number of hydrogen-bond donors (Lipinski definition) is 1. The lowest BCUT2D eigenvalue weighted by molar-refractivity contribution is -0.384. The van der Waals surface area contributed by atoms with Crippen LogP contribution < -0.4 is 5.32 Å². The van der Waals surface area contributed by atoms with Gasteiger partial charge < -0.3 is 10.1 Å². The third-order valence-corrected chi connectivity index (χ3v) is 3.03. The van der Waals surface area contributed by atoms with Gasteiger partial charge in [-0.2, -0.15) is 0 Å². The Morgan fingerprint density at radius 2 is 2.25 bits per heavy atom. The van der Waals surface area contributed by atoms with Gasteiger partial charge in [-0.05, 0) is 12.5 Å². The first-order chi connectivity index (χ1) is 9.65. The van der Waals surface area contributed by atoms with E-state index in [0.717, 1.165) is 6.42 Å². The van der Waals surface area contributed by atoms with E-state index in [0.29, 0.717) is 23.3 Å². The van der Waals surface area contributed by atoms with Crippen molar-refractivity contribution in [1.29, 1.82) is 0 Å². The zero-order valence-corrected chi connectivity index (χ0v) is 11.4. The molecular weight excluding hydrogens is 260 g/mol. The minimum Gasteiger partial charge on any atom is -0.383 e. The number of aromatic nitrogens is 2. The summed E-state index contributed by atoms with van der Waals surface area (Å²) in [4.78, 5) is 18.7. The van der Waals surface area contributed by atoms with Gasteiger partial charge in [0.05, 0.1) is 23.1 Å². The second-order valence-electron chi connectivity index (χ2n) is 4.39. The van der Waals surface area contributed by atoms with Crippen molar-refractivity contribution >= 4 is 22.4 Å². The molecule has 0 fully saturated rings. The molecule has 0 spiro atoms. The third kappa shape index (κ3) is 3.00. The van der Waals surface area contributed by atoms with E-state index in [2.05, 4.69) is 15.3 Å². The highest BCUT2D eigenvalue weighted by atomic mass is 16.6. The van der Waals surface area contributed by atoms with Crippen LogP contribution in [0.1, 0.15) is 13.3 Å². The second kappa shape index (κ2) is 6.25. The van der Waals surface area contributed by atoms with Crippen LogP contribution in [0, 0.1) is 10.1 Å². The van der Waals surface area contributed by atoms with Gasteiger partial charge in [0.1, 0.15) is 12.1 Å². The highest BCUT2D eigenvalue weighted by Crippen LogP contribution is 2.24. The van der Waals surface area contributed by atoms with Crippen LogP contribution in [0.5, 0.6) is 0 Å². The fourth-order valence-corrected chi connectivity index (χ4v) is 1.93. The Balaban J connectivity index is 2.41. The zero-order valence-electron chi connectivity index (χ0n) is 11.4. The minimum absolute atomic E-state index is 0.0233. The summed E-state index contributed by atoms with van der Waals surface area (Å²) >= 11 is 0. The molecular formula is C13H16N4O3. The summed E-state index contributed by atoms with van der Waals surface area (Å²) in [5.41, 5.74) is 0.690. The van der Waals surface area contributed by atoms with Crippen molar-refractivity contribution in [3.05, 3.63) is 34.6 Å². The van der Waals surface area contributed by atoms with Gasteiger partial charge in [-0.3, -0.25) is 10.1 Å². The number of nitro benzene ring substituents is 1. The molecule has 2 rings (SSSR count). The summed E-state index contributed by atoms with van der Waals surface area (Å²) in [5, 5.41) is 14.7. The molecule has 1 aromatic carbocycles. The molecule has 106 valence electrons. The van der Waals surface area contributed by atoms with E-state index in [4.69, 9.17) is 4.74 Å². The summed E-state index contributed by atoms with van der Waals surface area (Å²) in [6, 6.07) is 4.64. The summed E-state index contributed by atoms with van der Waals surface area (Å²) in [5.74, 6) is 0.586. The second-order valence-corrected chi connectivity index (χ2v) is 4.39. The SMILES string of the molecule is CCC(COC)Nc1ncnc2ccc([N+](=O)[O-])cc12. The Morgan fingerprint density at radius 1 is 1.45 bits per heavy atom. The Hall–Kier alpha value is -2.28. The molecule has 7 heteroatoms. The number of hydrogen-bond acceptors (Lipinski definition) is 6. The summed E-state index contributed by atoms with van der Waals surface area (Å²) in [6.45, 7) is 2.57. The molecule has 0 bridgehead atoms. The maximum atomic E-state index is 10.9. The van der Waals surface area contributed by atoms with Crippen molar-refractivity contribution in [2.45, 2.75) is 19.4 Å². The standard InChI is InChI=1S/C13H16N4O3/c1-3-9(7-20-2)16-13-11-6-10(17(18)19)4-5-12(11)14-8-15-13/h4-6,8-9H,3,7H2,1-2H3,(H,14,15,16). The monoisotopic (exact) mass is 276 g/mol. The highest BCUT2D eigenvalue weighted by Gasteiger charge is 2.13. The van der Waals surface area contributed by atoms with Gasteiger partial charge in [0.15, 0.2) is 0 Å². The van der Waals surface area contributed by atoms with Crippen LogP contribution in [0.3, 0.4) is 0 Å². The van der Waals surface area contributed by atoms with E-state index >= 15 is 0 Å². The first-order valence-corrected chi connectivity index (χ1v) is 6.30. The fraction of sp³-hybridized carbons (Fsp3) is 0.385. The number of benzene rings is 1. The quantitative estimate of drug-likeness (QED) is 0.643. The number of ether oxygens (including phenoxy) is 1. The predicted octanol–water partition coefficient (Wildman–Crippen LogP) is 2.37. The van der Waals surface area contributed by atoms with Crippen LogP contribution in [-0.4, -0.2) is 34.6 Å². The van der Waals surface area contributed by atoms with Crippen molar-refractivity contribution in [3.63, 3.8) is 0 Å². The maximum absolute atomic E-state index is 10.9. The van der Waals surface area contributed by atoms with Crippen molar-refractivity contribution in [2.75, 3.05) is 19.0 Å². The summed E-state index contributed by atoms with van der Waals surface area (Å²) in [7, 11) is 1.63. The summed E-state index contributed by atoms with van der Waals surface area (Å²) < 4.78 is 5.13. The largest absolute Gasteiger partial charge is 0.383 e. The first kappa shape index (κ1) is 14.1. The molecule has 0 radical (unpaired) electrons. The Bertz CT molecular complexity index is 618. The number of nitro groups is 1. The number of nitrogens with zero attached hydrogens (tertiary/aromatic N) is 3. The molecule has 0 amide bonds. The molecule has 1 unspecified atom stereocenters. The molecule has 0 aliphatic rings. The lowest BCUT2D eigenvalue weighted by Crippen LogP contribution is -2.24. The van der Waals surface area contributed by atoms with Gasteiger partial charge in [0, 0.05) is 24.6 Å². The lowest BCUT2D eigenvalue weighted by Gasteiger charge is -2.17. The molecule has 1 atom stereocenters. The van der Waals surface area contributed by atoms with E-state index in [1.54, 1.807) is 13.2 Å². The van der Waals surface area contributed by atoms with Crippen LogP contribution in [0.25, 0.3) is 10.9 Å². The topological polar surface area (TPSA) is 90.2 Å². The van der Waals surface area contributed by atoms with Crippen molar-refractivity contribution in [3.8, 4) is 0 Å². The normalized spacial score (nSPS) is 12.3. The number of rotatable bonds is 6. The average molecular weight is 276 g/mol. The van der Waals surface area contributed by atoms with Crippen LogP contribution in [-0.2, 0) is 4.74 Å². The molecule has 20 heavy (non-hydrogen) atoms. The smallest absolute Gasteiger partial charge is 0.270 e. The van der Waals surface area contributed by atoms with Gasteiger partial charge in [0.2, 0.25) is 0 Å². The fourth-order valence-electron chi connectivity index (χ4n) is 1.93. The molecule has 7 nitrogen and oxygen atoms in total. The maximum Gasteiger partial charge on any atom is 0.270 e. The molecule has 0 aliphatic carbocycles. The van der Waals surface area contributed by atoms with Crippen molar-refractivity contribution in [1.82, 2.24) is 9.97 Å². The van der Waals surface area contributed by atoms with Crippen LogP contribution in [0.2, 0.25) is 0 Å². The molecule has 1 heterocycles. The first-order valence-electron chi connectivity index (χ1n) is 6.30. The molecule has 2 aromatic rings. The van der Waals surface area contributed by atoms with Gasteiger partial charge in [0.25, 0.3) is 5.69 Å². The lowest BCUT2D eigenvalue weighted by atomic mass is 10.2. The minimum atomic E-state index is -0.428. The Kier molecular flexibility index (Phi) is 4.41. The van der Waals surface area contributed by atoms with Crippen LogP contribution in [0.15, 0.2) is 24.5 Å². The molecule has 1 N–H and O–H groups in total. The predicted molar refractivity (Wildman–Crippen MR) is 75.8 cm³/mol. The zero-order chi connectivity index (χ0) is 14.5. The number of fused-ring (bicyclic) bond motifs is 1. The van der Waals surface area contributed by atoms with Crippen LogP contribution in [0.4, 0.5) is 11.5 Å². The third-order valence-electron chi connectivity index (χ3n) is 3.03. The highest BCUT2D eigenvalue weighted by molar-refractivity contribution is 5.90. The van der Waals surface area contributed by atoms with Gasteiger partial charge >= 0.3 is 0 Å². The van der Waals surface area contributed by atoms with E-state index in [1.165, 1.54) is 18.5 Å². The molecule has 1 aromatic heterocycles. The molecule has 0 saturated heterocycles. The van der Waals surface area contributed by atoms with E-state index < -0.39 is 4.92 Å². The Labute approximate surface area is 116 Å². The molecule has 0 saturated carbocycles. The van der Waals surface area contributed by atoms with Gasteiger partial charge in [-0.25, -0.2) is 9.97 Å². The number of nitrogens with one attached hydrogen (secondary N) is 1. The van der Waals surface area contributed by atoms with Crippen molar-refractivity contribution in [2.24, 2.45) is 0 Å². The molecule has 0 aliphatic heterocycles. The van der Waals surface area contributed by atoms with Gasteiger partial charge in [-0.15, -0.1) is 0 Å². The van der Waals surface area contributed by atoms with Crippen LogP contribution >= 0.6 is 0 Å². The van der Waals surface area contributed by atoms with E-state index in [1.807, 2.05) is 6.92 Å². The summed E-state index contributed by atoms with van der Waals surface area (Å²) in [6.07, 6.45) is 2.30. The van der Waals surface area contributed by atoms with E-state index in [9.17, 15) is 10.1 Å².